The van der Waals surface area contributed by atoms with Crippen molar-refractivity contribution in [1.29, 1.82) is 0 Å². The van der Waals surface area contributed by atoms with E-state index in [0.717, 1.165) is 0 Å². The van der Waals surface area contributed by atoms with Crippen LogP contribution in [0.2, 0.25) is 0 Å². The van der Waals surface area contributed by atoms with Crippen LogP contribution in [0.3, 0.4) is 0 Å². The molecule has 0 saturated heterocycles. The van der Waals surface area contributed by atoms with Gasteiger partial charge in [0, 0.05) is 16.9 Å². The van der Waals surface area contributed by atoms with E-state index in [-0.39, 0.29) is 11.7 Å². The molecule has 0 aliphatic heterocycles. The third-order valence-electron chi connectivity index (χ3n) is 2.88. The fourth-order valence-electron chi connectivity index (χ4n) is 1.68. The summed E-state index contributed by atoms with van der Waals surface area (Å²) in [7, 11) is 1.29. The number of hydrogen-bond donors (Lipinski definition) is 1. The molecule has 0 spiro atoms. The van der Waals surface area contributed by atoms with Crippen LogP contribution in [0.1, 0.15) is 31.3 Å². The van der Waals surface area contributed by atoms with E-state index in [1.54, 1.807) is 24.3 Å². The zero-order valence-corrected chi connectivity index (χ0v) is 11.9. The predicted molar refractivity (Wildman–Crippen MR) is 75.6 cm³/mol. The Morgan fingerprint density at radius 2 is 1.95 bits per heavy atom. The monoisotopic (exact) mass is 275 g/mol. The highest BCUT2D eigenvalue weighted by molar-refractivity contribution is 6.04. The molecule has 1 heterocycles. The molecule has 2 aromatic rings. The van der Waals surface area contributed by atoms with Gasteiger partial charge in [0.1, 0.15) is 5.58 Å². The van der Waals surface area contributed by atoms with E-state index in [0.29, 0.717) is 16.7 Å². The normalized spacial score (nSPS) is 11.4. The zero-order valence-electron chi connectivity index (χ0n) is 11.9. The van der Waals surface area contributed by atoms with E-state index in [4.69, 9.17) is 4.42 Å². The number of fused-ring (bicyclic) bond motifs is 1. The number of amides is 1. The molecule has 1 N–H and O–H groups in total. The second kappa shape index (κ2) is 5.00. The van der Waals surface area contributed by atoms with Gasteiger partial charge in [0.25, 0.3) is 0 Å². The molecule has 1 amide bonds. The molecule has 1 aromatic carbocycles. The smallest absolute Gasteiger partial charge is 0.373 e. The van der Waals surface area contributed by atoms with E-state index in [1.807, 2.05) is 20.8 Å². The third-order valence-corrected chi connectivity index (χ3v) is 2.88. The van der Waals surface area contributed by atoms with Gasteiger partial charge in [-0.15, -0.1) is 0 Å². The standard InChI is InChI=1S/C15H17NO4/c1-15(2,3)14(18)16-10-6-5-7-11-9(10)8-12(20-11)13(17)19-4/h5-8H,1-4H3,(H,16,18). The van der Waals surface area contributed by atoms with E-state index in [9.17, 15) is 9.59 Å². The number of carbonyl (C=O) groups is 2. The Morgan fingerprint density at radius 1 is 1.25 bits per heavy atom. The van der Waals surface area contributed by atoms with Gasteiger partial charge in [-0.05, 0) is 12.1 Å². The summed E-state index contributed by atoms with van der Waals surface area (Å²) in [4.78, 5) is 23.5. The highest BCUT2D eigenvalue weighted by Gasteiger charge is 2.22. The fraction of sp³-hybridized carbons (Fsp3) is 0.333. The minimum atomic E-state index is -0.547. The molecule has 5 heteroatoms. The summed E-state index contributed by atoms with van der Waals surface area (Å²) in [5.41, 5.74) is 0.635. The molecule has 0 aliphatic carbocycles. The molecule has 0 saturated carbocycles. The highest BCUT2D eigenvalue weighted by atomic mass is 16.5. The first kappa shape index (κ1) is 14.1. The third kappa shape index (κ3) is 2.66. The SMILES string of the molecule is COC(=O)c1cc2c(NC(=O)C(C)(C)C)cccc2o1. The van der Waals surface area contributed by atoms with Gasteiger partial charge in [0.15, 0.2) is 0 Å². The summed E-state index contributed by atoms with van der Waals surface area (Å²) >= 11 is 0. The van der Waals surface area contributed by atoms with Gasteiger partial charge in [0.2, 0.25) is 11.7 Å². The Morgan fingerprint density at radius 3 is 2.55 bits per heavy atom. The lowest BCUT2D eigenvalue weighted by Crippen LogP contribution is -2.27. The van der Waals surface area contributed by atoms with Gasteiger partial charge in [-0.25, -0.2) is 4.79 Å². The molecule has 0 aliphatic rings. The molecule has 0 bridgehead atoms. The number of nitrogens with one attached hydrogen (secondary N) is 1. The number of furan rings is 1. The lowest BCUT2D eigenvalue weighted by atomic mass is 9.95. The highest BCUT2D eigenvalue weighted by Crippen LogP contribution is 2.28. The number of rotatable bonds is 2. The number of carbonyl (C=O) groups excluding carboxylic acids is 2. The van der Waals surface area contributed by atoms with Crippen molar-refractivity contribution >= 4 is 28.5 Å². The van der Waals surface area contributed by atoms with Crippen molar-refractivity contribution in [2.24, 2.45) is 5.41 Å². The first-order valence-electron chi connectivity index (χ1n) is 6.25. The average molecular weight is 275 g/mol. The van der Waals surface area contributed by atoms with Crippen molar-refractivity contribution in [3.8, 4) is 0 Å². The van der Waals surface area contributed by atoms with Crippen LogP contribution in [0.4, 0.5) is 5.69 Å². The lowest BCUT2D eigenvalue weighted by Gasteiger charge is -2.17. The van der Waals surface area contributed by atoms with Crippen molar-refractivity contribution in [2.75, 3.05) is 12.4 Å². The van der Waals surface area contributed by atoms with Gasteiger partial charge in [-0.3, -0.25) is 4.79 Å². The molecule has 0 radical (unpaired) electrons. The first-order valence-corrected chi connectivity index (χ1v) is 6.25. The van der Waals surface area contributed by atoms with Gasteiger partial charge in [0.05, 0.1) is 12.8 Å². The first-order chi connectivity index (χ1) is 9.32. The maximum atomic E-state index is 12.0. The van der Waals surface area contributed by atoms with Crippen LogP contribution < -0.4 is 5.32 Å². The van der Waals surface area contributed by atoms with Crippen molar-refractivity contribution < 1.29 is 18.7 Å². The maximum absolute atomic E-state index is 12.0. The van der Waals surface area contributed by atoms with Crippen molar-refractivity contribution in [3.05, 3.63) is 30.0 Å². The van der Waals surface area contributed by atoms with E-state index in [1.165, 1.54) is 7.11 Å². The van der Waals surface area contributed by atoms with Crippen LogP contribution in [0.25, 0.3) is 11.0 Å². The maximum Gasteiger partial charge on any atom is 0.373 e. The summed E-state index contributed by atoms with van der Waals surface area (Å²) in [6.45, 7) is 5.49. The molecule has 106 valence electrons. The Labute approximate surface area is 116 Å². The molecule has 0 fully saturated rings. The molecule has 2 rings (SSSR count). The van der Waals surface area contributed by atoms with Gasteiger partial charge < -0.3 is 14.5 Å². The largest absolute Gasteiger partial charge is 0.463 e. The molecule has 1 aromatic heterocycles. The second-order valence-electron chi connectivity index (χ2n) is 5.52. The van der Waals surface area contributed by atoms with Crippen LogP contribution in [-0.4, -0.2) is 19.0 Å². The van der Waals surface area contributed by atoms with Crippen molar-refractivity contribution in [1.82, 2.24) is 0 Å². The van der Waals surface area contributed by atoms with E-state index < -0.39 is 11.4 Å². The Balaban J connectivity index is 2.42. The number of benzene rings is 1. The van der Waals surface area contributed by atoms with Crippen molar-refractivity contribution in [3.63, 3.8) is 0 Å². The fourth-order valence-corrected chi connectivity index (χ4v) is 1.68. The summed E-state index contributed by atoms with van der Waals surface area (Å²) in [6, 6.07) is 6.82. The number of hydrogen-bond acceptors (Lipinski definition) is 4. The summed E-state index contributed by atoms with van der Waals surface area (Å²) in [5.74, 6) is -0.542. The topological polar surface area (TPSA) is 68.5 Å². The van der Waals surface area contributed by atoms with Crippen LogP contribution in [0, 0.1) is 5.41 Å². The van der Waals surface area contributed by atoms with Gasteiger partial charge in [-0.2, -0.15) is 0 Å². The lowest BCUT2D eigenvalue weighted by molar-refractivity contribution is -0.123. The zero-order chi connectivity index (χ0) is 14.9. The molecule has 5 nitrogen and oxygen atoms in total. The number of methoxy groups -OCH3 is 1. The van der Waals surface area contributed by atoms with Crippen LogP contribution in [0.15, 0.2) is 28.7 Å². The van der Waals surface area contributed by atoms with E-state index in [2.05, 4.69) is 10.1 Å². The van der Waals surface area contributed by atoms with Crippen molar-refractivity contribution in [2.45, 2.75) is 20.8 Å². The molecular formula is C15H17NO4. The Bertz CT molecular complexity index is 664. The van der Waals surface area contributed by atoms with Gasteiger partial charge >= 0.3 is 5.97 Å². The Hall–Kier alpha value is -2.30. The number of esters is 1. The van der Waals surface area contributed by atoms with Crippen LogP contribution in [0.5, 0.6) is 0 Å². The second-order valence-corrected chi connectivity index (χ2v) is 5.52. The average Bonchev–Trinajstić information content (AvgIpc) is 2.81. The summed E-state index contributed by atoms with van der Waals surface area (Å²) in [5, 5.41) is 3.52. The number of ether oxygens (including phenoxy) is 1. The summed E-state index contributed by atoms with van der Waals surface area (Å²) in [6.07, 6.45) is 0. The number of anilines is 1. The molecule has 0 atom stereocenters. The van der Waals surface area contributed by atoms with Crippen LogP contribution >= 0.6 is 0 Å². The predicted octanol–water partition coefficient (Wildman–Crippen LogP) is 3.20. The molecule has 0 unspecified atom stereocenters. The minimum Gasteiger partial charge on any atom is -0.463 e. The quantitative estimate of drug-likeness (QED) is 0.854. The molecular weight excluding hydrogens is 258 g/mol. The Kier molecular flexibility index (Phi) is 3.53. The minimum absolute atomic E-state index is 0.106. The van der Waals surface area contributed by atoms with E-state index >= 15 is 0 Å². The van der Waals surface area contributed by atoms with Gasteiger partial charge in [-0.1, -0.05) is 26.8 Å². The summed E-state index contributed by atoms with van der Waals surface area (Å²) < 4.78 is 10.0. The van der Waals surface area contributed by atoms with Crippen LogP contribution in [-0.2, 0) is 9.53 Å². The molecule has 20 heavy (non-hydrogen) atoms.